The molecular weight excluding hydrogens is 326 g/mol. The third kappa shape index (κ3) is 4.53. The first-order valence-electron chi connectivity index (χ1n) is 8.58. The van der Waals surface area contributed by atoms with Crippen LogP contribution in [0.4, 0.5) is 0 Å². The van der Waals surface area contributed by atoms with Crippen molar-refractivity contribution in [3.63, 3.8) is 0 Å². The monoisotopic (exact) mass is 349 g/mol. The zero-order valence-corrected chi connectivity index (χ0v) is 15.3. The normalized spacial score (nSPS) is 12.6. The molecule has 1 N–H and O–H groups in total. The number of hydrogen-bond donors (Lipinski definition) is 1. The molecule has 0 spiro atoms. The number of carbonyl (C=O) groups is 1. The van der Waals surface area contributed by atoms with Crippen LogP contribution in [0.1, 0.15) is 49.2 Å². The average molecular weight is 349 g/mol. The lowest BCUT2D eigenvalue weighted by molar-refractivity contribution is 0.0926. The van der Waals surface area contributed by atoms with E-state index in [1.165, 1.54) is 0 Å². The highest BCUT2D eigenvalue weighted by Crippen LogP contribution is 2.29. The molecule has 6 nitrogen and oxygen atoms in total. The van der Waals surface area contributed by atoms with Gasteiger partial charge >= 0.3 is 0 Å². The van der Waals surface area contributed by atoms with Crippen molar-refractivity contribution in [3.8, 4) is 5.69 Å². The molecule has 0 saturated carbocycles. The maximum absolute atomic E-state index is 12.7. The number of carbonyl (C=O) groups excluding carboxylic acids is 1. The van der Waals surface area contributed by atoms with Crippen LogP contribution in [0, 0.1) is 5.41 Å². The molecule has 26 heavy (non-hydrogen) atoms. The second-order valence-electron chi connectivity index (χ2n) is 7.49. The summed E-state index contributed by atoms with van der Waals surface area (Å²) in [6.07, 6.45) is 7.62. The molecule has 0 aliphatic heterocycles. The Balaban J connectivity index is 1.77. The van der Waals surface area contributed by atoms with Gasteiger partial charge in [0.2, 0.25) is 0 Å². The molecule has 2 heterocycles. The van der Waals surface area contributed by atoms with Crippen LogP contribution in [-0.4, -0.2) is 25.7 Å². The molecular formula is C20H23N5O. The highest BCUT2D eigenvalue weighted by molar-refractivity contribution is 5.94. The largest absolute Gasteiger partial charge is 0.345 e. The van der Waals surface area contributed by atoms with Crippen molar-refractivity contribution in [2.45, 2.75) is 33.2 Å². The van der Waals surface area contributed by atoms with E-state index in [-0.39, 0.29) is 17.4 Å². The highest BCUT2D eigenvalue weighted by atomic mass is 16.1. The Bertz CT molecular complexity index is 836. The smallest absolute Gasteiger partial charge is 0.251 e. The maximum atomic E-state index is 12.7. The summed E-state index contributed by atoms with van der Waals surface area (Å²) < 4.78 is 1.79. The van der Waals surface area contributed by atoms with Crippen LogP contribution < -0.4 is 5.32 Å². The van der Waals surface area contributed by atoms with Crippen molar-refractivity contribution >= 4 is 5.91 Å². The van der Waals surface area contributed by atoms with Gasteiger partial charge < -0.3 is 5.32 Å². The fourth-order valence-corrected chi connectivity index (χ4v) is 2.81. The third-order valence-electron chi connectivity index (χ3n) is 4.05. The van der Waals surface area contributed by atoms with Crippen LogP contribution in [0.2, 0.25) is 0 Å². The molecule has 0 saturated heterocycles. The number of rotatable bonds is 5. The lowest BCUT2D eigenvalue weighted by Gasteiger charge is -2.27. The van der Waals surface area contributed by atoms with Gasteiger partial charge in [0.1, 0.15) is 12.7 Å². The van der Waals surface area contributed by atoms with Gasteiger partial charge in [-0.15, -0.1) is 10.2 Å². The van der Waals surface area contributed by atoms with Gasteiger partial charge in [-0.2, -0.15) is 0 Å². The Hall–Kier alpha value is -3.02. The minimum atomic E-state index is -0.0987. The fraction of sp³-hybridized carbons (Fsp3) is 0.300. The quantitative estimate of drug-likeness (QED) is 0.764. The van der Waals surface area contributed by atoms with Crippen molar-refractivity contribution in [1.82, 2.24) is 25.1 Å². The molecule has 1 atom stereocenters. The van der Waals surface area contributed by atoms with E-state index in [1.807, 2.05) is 42.6 Å². The number of aromatic nitrogens is 4. The molecule has 2 aromatic heterocycles. The second-order valence-corrected chi connectivity index (χ2v) is 7.49. The summed E-state index contributed by atoms with van der Waals surface area (Å²) in [6.45, 7) is 6.49. The summed E-state index contributed by atoms with van der Waals surface area (Å²) in [7, 11) is 0. The van der Waals surface area contributed by atoms with Crippen LogP contribution in [0.3, 0.4) is 0 Å². The summed E-state index contributed by atoms with van der Waals surface area (Å²) in [5, 5.41) is 10.7. The van der Waals surface area contributed by atoms with E-state index in [0.29, 0.717) is 5.56 Å². The number of pyridine rings is 1. The maximum Gasteiger partial charge on any atom is 0.251 e. The van der Waals surface area contributed by atoms with Gasteiger partial charge in [0.05, 0.1) is 6.04 Å². The van der Waals surface area contributed by atoms with Crippen LogP contribution >= 0.6 is 0 Å². The third-order valence-corrected chi connectivity index (χ3v) is 4.05. The van der Waals surface area contributed by atoms with Crippen molar-refractivity contribution in [1.29, 1.82) is 0 Å². The van der Waals surface area contributed by atoms with E-state index >= 15 is 0 Å². The molecule has 0 aliphatic carbocycles. The van der Waals surface area contributed by atoms with Gasteiger partial charge in [-0.05, 0) is 47.7 Å². The molecule has 0 unspecified atom stereocenters. The van der Waals surface area contributed by atoms with E-state index in [0.717, 1.165) is 17.7 Å². The number of benzene rings is 1. The van der Waals surface area contributed by atoms with Crippen molar-refractivity contribution < 1.29 is 4.79 Å². The lowest BCUT2D eigenvalue weighted by atomic mass is 9.85. The van der Waals surface area contributed by atoms with Gasteiger partial charge in [0.25, 0.3) is 5.91 Å². The van der Waals surface area contributed by atoms with E-state index in [2.05, 4.69) is 41.3 Å². The number of nitrogens with one attached hydrogen (secondary N) is 1. The standard InChI is InChI=1S/C20H23N5O/c1-20(2,3)11-18(16-5-4-10-21-12-16)24-19(26)15-6-8-17(9-7-15)25-13-22-23-14-25/h4-10,12-14,18H,11H2,1-3H3,(H,24,26)/t18-/m1/s1. The minimum absolute atomic E-state index is 0.0755. The van der Waals surface area contributed by atoms with Crippen LogP contribution in [-0.2, 0) is 0 Å². The Labute approximate surface area is 153 Å². The van der Waals surface area contributed by atoms with Gasteiger partial charge in [-0.25, -0.2) is 0 Å². The second kappa shape index (κ2) is 7.47. The molecule has 1 aromatic carbocycles. The van der Waals surface area contributed by atoms with Gasteiger partial charge in [0.15, 0.2) is 0 Å². The molecule has 3 aromatic rings. The average Bonchev–Trinajstić information content (AvgIpc) is 3.15. The molecule has 6 heteroatoms. The first kappa shape index (κ1) is 17.8. The Morgan fingerprint density at radius 1 is 1.12 bits per heavy atom. The number of hydrogen-bond acceptors (Lipinski definition) is 4. The van der Waals surface area contributed by atoms with Gasteiger partial charge in [-0.3, -0.25) is 14.3 Å². The van der Waals surface area contributed by atoms with E-state index in [4.69, 9.17) is 0 Å². The van der Waals surface area contributed by atoms with Gasteiger partial charge in [-0.1, -0.05) is 26.8 Å². The van der Waals surface area contributed by atoms with Crippen molar-refractivity contribution in [3.05, 3.63) is 72.6 Å². The van der Waals surface area contributed by atoms with Crippen molar-refractivity contribution in [2.75, 3.05) is 0 Å². The molecule has 134 valence electrons. The summed E-state index contributed by atoms with van der Waals surface area (Å²) in [5.74, 6) is -0.0987. The molecule has 3 rings (SSSR count). The highest BCUT2D eigenvalue weighted by Gasteiger charge is 2.22. The minimum Gasteiger partial charge on any atom is -0.345 e. The molecule has 0 bridgehead atoms. The van der Waals surface area contributed by atoms with E-state index in [1.54, 1.807) is 23.4 Å². The summed E-state index contributed by atoms with van der Waals surface area (Å²) in [6, 6.07) is 11.2. The van der Waals surface area contributed by atoms with Crippen LogP contribution in [0.25, 0.3) is 5.69 Å². The summed E-state index contributed by atoms with van der Waals surface area (Å²) >= 11 is 0. The fourth-order valence-electron chi connectivity index (χ4n) is 2.81. The molecule has 0 aliphatic rings. The lowest BCUT2D eigenvalue weighted by Crippen LogP contribution is -2.31. The molecule has 1 amide bonds. The first-order valence-corrected chi connectivity index (χ1v) is 8.58. The zero-order valence-electron chi connectivity index (χ0n) is 15.3. The summed E-state index contributed by atoms with van der Waals surface area (Å²) in [4.78, 5) is 16.9. The molecule has 0 fully saturated rings. The topological polar surface area (TPSA) is 72.7 Å². The Morgan fingerprint density at radius 2 is 1.81 bits per heavy atom. The Kier molecular flexibility index (Phi) is 5.11. The summed E-state index contributed by atoms with van der Waals surface area (Å²) in [5.41, 5.74) is 2.61. The van der Waals surface area contributed by atoms with E-state index in [9.17, 15) is 4.79 Å². The zero-order chi connectivity index (χ0) is 18.6. The van der Waals surface area contributed by atoms with E-state index < -0.39 is 0 Å². The number of nitrogens with zero attached hydrogens (tertiary/aromatic N) is 4. The Morgan fingerprint density at radius 3 is 2.38 bits per heavy atom. The molecule has 0 radical (unpaired) electrons. The predicted octanol–water partition coefficient (Wildman–Crippen LogP) is 3.57. The van der Waals surface area contributed by atoms with Gasteiger partial charge in [0, 0.05) is 23.6 Å². The number of amides is 1. The van der Waals surface area contributed by atoms with Crippen molar-refractivity contribution in [2.24, 2.45) is 5.41 Å². The van der Waals surface area contributed by atoms with Crippen LogP contribution in [0.15, 0.2) is 61.4 Å². The SMILES string of the molecule is CC(C)(C)C[C@@H](NC(=O)c1ccc(-n2cnnc2)cc1)c1cccnc1. The first-order chi connectivity index (χ1) is 12.4. The predicted molar refractivity (Wildman–Crippen MR) is 99.9 cm³/mol. The van der Waals surface area contributed by atoms with Crippen LogP contribution in [0.5, 0.6) is 0 Å².